The van der Waals surface area contributed by atoms with E-state index in [0.717, 1.165) is 47.4 Å². The van der Waals surface area contributed by atoms with Gasteiger partial charge in [-0.3, -0.25) is 0 Å². The van der Waals surface area contributed by atoms with Gasteiger partial charge in [0.25, 0.3) is 0 Å². The van der Waals surface area contributed by atoms with Crippen molar-refractivity contribution in [2.24, 2.45) is 10.3 Å². The fourth-order valence-electron chi connectivity index (χ4n) is 3.07. The van der Waals surface area contributed by atoms with Crippen LogP contribution in [0.15, 0.2) is 89.2 Å². The van der Waals surface area contributed by atoms with Crippen LogP contribution in [0.3, 0.4) is 0 Å². The average molecular weight is 453 g/mol. The summed E-state index contributed by atoms with van der Waals surface area (Å²) in [6.45, 7) is 2.12. The first kappa shape index (κ1) is 25.7. The minimum atomic E-state index is -0.254. The summed E-state index contributed by atoms with van der Waals surface area (Å²) in [6, 6.07) is 22.5. The molecule has 0 atom stereocenters. The Morgan fingerprint density at radius 3 is 1.67 bits per heavy atom. The van der Waals surface area contributed by atoms with Crippen LogP contribution in [0.4, 0.5) is 8.78 Å². The maximum Gasteiger partial charge on any atom is 0.123 e. The zero-order valence-corrected chi connectivity index (χ0v) is 19.3. The van der Waals surface area contributed by atoms with E-state index >= 15 is 0 Å². The van der Waals surface area contributed by atoms with Gasteiger partial charge in [-0.25, -0.2) is 8.78 Å². The number of nitrogens with zero attached hydrogens (tertiary/aromatic N) is 2. The molecule has 0 fully saturated rings. The van der Waals surface area contributed by atoms with Crippen molar-refractivity contribution in [1.29, 1.82) is 0 Å². The molecule has 0 saturated carbocycles. The molecular weight excluding hydrogens is 422 g/mol. The van der Waals surface area contributed by atoms with Crippen LogP contribution in [0.2, 0.25) is 0 Å². The van der Waals surface area contributed by atoms with Gasteiger partial charge in [-0.15, -0.1) is 0 Å². The summed E-state index contributed by atoms with van der Waals surface area (Å²) in [6.07, 6.45) is 3.67. The van der Waals surface area contributed by atoms with E-state index in [2.05, 4.69) is 17.2 Å². The third-order valence-corrected chi connectivity index (χ3v) is 4.74. The predicted octanol–water partition coefficient (Wildman–Crippen LogP) is 6.79. The molecule has 0 aromatic heterocycles. The topological polar surface area (TPSA) is 43.2 Å². The molecule has 4 nitrogen and oxygen atoms in total. The van der Waals surface area contributed by atoms with E-state index in [-0.39, 0.29) is 11.6 Å². The largest absolute Gasteiger partial charge is 0.399 e. The van der Waals surface area contributed by atoms with E-state index in [1.807, 2.05) is 30.3 Å². The molecule has 0 aliphatic heterocycles. The van der Waals surface area contributed by atoms with Crippen LogP contribution in [-0.2, 0) is 16.1 Å². The Labute approximate surface area is 194 Å². The second kappa shape index (κ2) is 14.5. The molecule has 3 rings (SSSR count). The van der Waals surface area contributed by atoms with Crippen LogP contribution in [0.5, 0.6) is 0 Å². The van der Waals surface area contributed by atoms with Crippen molar-refractivity contribution in [2.45, 2.75) is 32.6 Å². The van der Waals surface area contributed by atoms with E-state index in [1.54, 1.807) is 24.3 Å². The monoisotopic (exact) mass is 452 g/mol. The van der Waals surface area contributed by atoms with Crippen LogP contribution >= 0.6 is 0 Å². The van der Waals surface area contributed by atoms with Gasteiger partial charge < -0.3 is 9.68 Å². The van der Waals surface area contributed by atoms with E-state index in [1.165, 1.54) is 38.5 Å². The van der Waals surface area contributed by atoms with Crippen LogP contribution < -0.4 is 0 Å². The lowest BCUT2D eigenvalue weighted by atomic mass is 10.0. The fourth-order valence-corrected chi connectivity index (χ4v) is 3.07. The molecule has 3 aromatic rings. The van der Waals surface area contributed by atoms with Crippen molar-refractivity contribution >= 4 is 11.4 Å². The fraction of sp³-hybridized carbons (Fsp3) is 0.259. The number of halogens is 2. The highest BCUT2D eigenvalue weighted by Gasteiger charge is 2.06. The number of benzene rings is 3. The Kier molecular flexibility index (Phi) is 11.3. The summed E-state index contributed by atoms with van der Waals surface area (Å²) in [5, 5.41) is 7.97. The normalized spacial score (nSPS) is 11.4. The average Bonchev–Trinajstić information content (AvgIpc) is 2.84. The van der Waals surface area contributed by atoms with Crippen molar-refractivity contribution in [3.05, 3.63) is 107 Å². The summed E-state index contributed by atoms with van der Waals surface area (Å²) in [5.41, 5.74) is 4.58. The maximum atomic E-state index is 12.9. The molecule has 174 valence electrons. The van der Waals surface area contributed by atoms with Gasteiger partial charge in [0.05, 0.1) is 11.4 Å². The van der Waals surface area contributed by atoms with Gasteiger partial charge in [-0.05, 0) is 53.8 Å². The maximum absolute atomic E-state index is 12.9. The Morgan fingerprint density at radius 1 is 0.697 bits per heavy atom. The first-order chi connectivity index (χ1) is 16.1. The standard InChI is InChI=1S/C15H14FNO.C12H16FNO/c1-18-17-15(11-12-5-3-2-4-6-12)13-7-9-14(16)10-8-13;1-3-4-5-12(14-15-2)10-6-8-11(13)9-7-10/h2-10H,11H2,1H3;6-9H,3-5H2,1-2H3. The first-order valence-corrected chi connectivity index (χ1v) is 10.8. The van der Waals surface area contributed by atoms with Gasteiger partial charge in [0.1, 0.15) is 25.9 Å². The molecule has 0 bridgehead atoms. The third kappa shape index (κ3) is 9.23. The number of oxime groups is 2. The molecule has 33 heavy (non-hydrogen) atoms. The molecule has 0 aliphatic rings. The van der Waals surface area contributed by atoms with Gasteiger partial charge in [0.2, 0.25) is 0 Å². The molecular formula is C27H30F2N2O2. The number of rotatable bonds is 9. The summed E-state index contributed by atoms with van der Waals surface area (Å²) < 4.78 is 25.6. The molecule has 0 radical (unpaired) electrons. The second-order valence-corrected chi connectivity index (χ2v) is 7.22. The first-order valence-electron chi connectivity index (χ1n) is 10.8. The molecule has 0 unspecified atom stereocenters. The lowest BCUT2D eigenvalue weighted by Crippen LogP contribution is -2.06. The highest BCUT2D eigenvalue weighted by Crippen LogP contribution is 2.11. The van der Waals surface area contributed by atoms with Crippen LogP contribution in [-0.4, -0.2) is 25.6 Å². The Morgan fingerprint density at radius 2 is 1.18 bits per heavy atom. The molecule has 0 saturated heterocycles. The Bertz CT molecular complexity index is 1000. The quantitative estimate of drug-likeness (QED) is 0.265. The molecule has 0 aliphatic carbocycles. The molecule has 0 amide bonds. The van der Waals surface area contributed by atoms with Crippen molar-refractivity contribution in [1.82, 2.24) is 0 Å². The molecule has 6 heteroatoms. The van der Waals surface area contributed by atoms with Gasteiger partial charge in [0.15, 0.2) is 0 Å². The highest BCUT2D eigenvalue weighted by atomic mass is 19.1. The summed E-state index contributed by atoms with van der Waals surface area (Å²) in [5.74, 6) is -0.485. The SMILES string of the molecule is CCCCC(=NOC)c1ccc(F)cc1.CON=C(Cc1ccccc1)c1ccc(F)cc1. The van der Waals surface area contributed by atoms with E-state index in [9.17, 15) is 8.78 Å². The smallest absolute Gasteiger partial charge is 0.123 e. The minimum Gasteiger partial charge on any atom is -0.399 e. The second-order valence-electron chi connectivity index (χ2n) is 7.22. The number of hydrogen-bond acceptors (Lipinski definition) is 4. The lowest BCUT2D eigenvalue weighted by Gasteiger charge is -2.06. The van der Waals surface area contributed by atoms with Crippen molar-refractivity contribution < 1.29 is 18.5 Å². The van der Waals surface area contributed by atoms with Gasteiger partial charge in [0, 0.05) is 6.42 Å². The van der Waals surface area contributed by atoms with Gasteiger partial charge in [-0.1, -0.05) is 78.3 Å². The third-order valence-electron chi connectivity index (χ3n) is 4.74. The minimum absolute atomic E-state index is 0.231. The van der Waals surface area contributed by atoms with E-state index in [0.29, 0.717) is 6.42 Å². The summed E-state index contributed by atoms with van der Waals surface area (Å²) >= 11 is 0. The zero-order valence-electron chi connectivity index (χ0n) is 19.3. The molecule has 0 N–H and O–H groups in total. The predicted molar refractivity (Wildman–Crippen MR) is 130 cm³/mol. The van der Waals surface area contributed by atoms with Gasteiger partial charge >= 0.3 is 0 Å². The van der Waals surface area contributed by atoms with Crippen molar-refractivity contribution in [2.75, 3.05) is 14.2 Å². The molecule has 3 aromatic carbocycles. The molecule has 0 spiro atoms. The van der Waals surface area contributed by atoms with Crippen molar-refractivity contribution in [3.8, 4) is 0 Å². The number of hydrogen-bond donors (Lipinski definition) is 0. The zero-order chi connectivity index (χ0) is 23.9. The lowest BCUT2D eigenvalue weighted by molar-refractivity contribution is 0.212. The summed E-state index contributed by atoms with van der Waals surface area (Å²) in [7, 11) is 3.03. The van der Waals surface area contributed by atoms with Gasteiger partial charge in [-0.2, -0.15) is 0 Å². The summed E-state index contributed by atoms with van der Waals surface area (Å²) in [4.78, 5) is 9.63. The van der Waals surface area contributed by atoms with E-state index in [4.69, 9.17) is 9.68 Å². The highest BCUT2D eigenvalue weighted by molar-refractivity contribution is 6.01. The Balaban J connectivity index is 0.000000238. The van der Waals surface area contributed by atoms with E-state index < -0.39 is 0 Å². The van der Waals surface area contributed by atoms with Crippen LogP contribution in [0.1, 0.15) is 42.9 Å². The number of unbranched alkanes of at least 4 members (excludes halogenated alkanes) is 1. The van der Waals surface area contributed by atoms with Crippen molar-refractivity contribution in [3.63, 3.8) is 0 Å². The Hall–Kier alpha value is -3.54. The molecule has 0 heterocycles. The van der Waals surface area contributed by atoms with Crippen LogP contribution in [0, 0.1) is 11.6 Å². The van der Waals surface area contributed by atoms with Crippen LogP contribution in [0.25, 0.3) is 0 Å².